The fourth-order valence-electron chi connectivity index (χ4n) is 1.12. The lowest BCUT2D eigenvalue weighted by Crippen LogP contribution is -2.28. The Morgan fingerprint density at radius 2 is 1.86 bits per heavy atom. The lowest BCUT2D eigenvalue weighted by atomic mass is 10.1. The third-order valence-corrected chi connectivity index (χ3v) is 2.07. The van der Waals surface area contributed by atoms with Gasteiger partial charge in [-0.15, -0.1) is 0 Å². The molecular weight excluding hydrogens is 178 g/mol. The molecule has 0 aromatic carbocycles. The Morgan fingerprint density at radius 3 is 2.43 bits per heavy atom. The number of carbonyl (C=O) groups excluding carboxylic acids is 2. The van der Waals surface area contributed by atoms with E-state index < -0.39 is 0 Å². The smallest absolute Gasteiger partial charge is 0.222 e. The molecule has 1 N–H and O–H groups in total. The Kier molecular flexibility index (Phi) is 8.19. The molecule has 0 unspecified atom stereocenters. The fraction of sp³-hybridized carbons (Fsp3) is 0.818. The van der Waals surface area contributed by atoms with Crippen molar-refractivity contribution in [3.8, 4) is 0 Å². The van der Waals surface area contributed by atoms with Gasteiger partial charge >= 0.3 is 0 Å². The zero-order valence-electron chi connectivity index (χ0n) is 9.21. The third-order valence-electron chi connectivity index (χ3n) is 2.07. The zero-order chi connectivity index (χ0) is 10.8. The van der Waals surface area contributed by atoms with Crippen molar-refractivity contribution in [1.82, 2.24) is 5.32 Å². The average molecular weight is 199 g/mol. The Bertz CT molecular complexity index is 167. The highest BCUT2D eigenvalue weighted by Crippen LogP contribution is 2.00. The summed E-state index contributed by atoms with van der Waals surface area (Å²) in [6.45, 7) is 4.54. The van der Waals surface area contributed by atoms with Gasteiger partial charge in [0, 0.05) is 18.9 Å². The van der Waals surface area contributed by atoms with E-state index in [1.54, 1.807) is 0 Å². The molecule has 0 aliphatic carbocycles. The highest BCUT2D eigenvalue weighted by atomic mass is 16.1. The molecule has 1 amide bonds. The van der Waals surface area contributed by atoms with Gasteiger partial charge < -0.3 is 10.1 Å². The van der Waals surface area contributed by atoms with E-state index in [-0.39, 0.29) is 11.8 Å². The second-order valence-corrected chi connectivity index (χ2v) is 3.82. The van der Waals surface area contributed by atoms with E-state index in [0.29, 0.717) is 6.42 Å². The van der Waals surface area contributed by atoms with Crippen molar-refractivity contribution in [1.29, 1.82) is 0 Å². The maximum atomic E-state index is 11.1. The summed E-state index contributed by atoms with van der Waals surface area (Å²) in [4.78, 5) is 21.1. The standard InChI is InChI=1S/C11H21NO2/c1-10(2)11(14)12-8-6-4-3-5-7-9-13/h9-10H,3-8H2,1-2H3,(H,12,14). The van der Waals surface area contributed by atoms with Gasteiger partial charge in [-0.1, -0.05) is 26.7 Å². The number of hydrogen-bond acceptors (Lipinski definition) is 2. The number of amides is 1. The number of carbonyl (C=O) groups is 2. The Morgan fingerprint density at radius 1 is 1.21 bits per heavy atom. The van der Waals surface area contributed by atoms with Gasteiger partial charge in [0.15, 0.2) is 0 Å². The largest absolute Gasteiger partial charge is 0.356 e. The van der Waals surface area contributed by atoms with E-state index >= 15 is 0 Å². The van der Waals surface area contributed by atoms with Crippen molar-refractivity contribution in [3.05, 3.63) is 0 Å². The SMILES string of the molecule is CC(C)C(=O)NCCCCCCC=O. The van der Waals surface area contributed by atoms with Crippen molar-refractivity contribution in [2.75, 3.05) is 6.54 Å². The normalized spacial score (nSPS) is 10.2. The molecule has 0 aromatic rings. The molecule has 0 bridgehead atoms. The van der Waals surface area contributed by atoms with Crippen molar-refractivity contribution < 1.29 is 9.59 Å². The summed E-state index contributed by atoms with van der Waals surface area (Å²) < 4.78 is 0. The van der Waals surface area contributed by atoms with Crippen LogP contribution in [0.5, 0.6) is 0 Å². The summed E-state index contributed by atoms with van der Waals surface area (Å²) >= 11 is 0. The topological polar surface area (TPSA) is 46.2 Å². The maximum absolute atomic E-state index is 11.1. The van der Waals surface area contributed by atoms with E-state index in [1.807, 2.05) is 13.8 Å². The Labute approximate surface area is 86.3 Å². The van der Waals surface area contributed by atoms with Crippen LogP contribution in [0.25, 0.3) is 0 Å². The van der Waals surface area contributed by atoms with Crippen LogP contribution in [0.2, 0.25) is 0 Å². The molecule has 0 saturated heterocycles. The molecule has 0 aromatic heterocycles. The second kappa shape index (κ2) is 8.73. The first-order chi connectivity index (χ1) is 6.68. The molecule has 82 valence electrons. The van der Waals surface area contributed by atoms with Gasteiger partial charge in [0.1, 0.15) is 6.29 Å². The number of aldehydes is 1. The van der Waals surface area contributed by atoms with Crippen molar-refractivity contribution in [3.63, 3.8) is 0 Å². The average Bonchev–Trinajstić information content (AvgIpc) is 2.16. The first kappa shape index (κ1) is 13.1. The van der Waals surface area contributed by atoms with Gasteiger partial charge in [0.2, 0.25) is 5.91 Å². The van der Waals surface area contributed by atoms with Crippen LogP contribution in [0, 0.1) is 5.92 Å². The van der Waals surface area contributed by atoms with E-state index in [2.05, 4.69) is 5.32 Å². The lowest BCUT2D eigenvalue weighted by molar-refractivity contribution is -0.124. The number of nitrogens with one attached hydrogen (secondary N) is 1. The van der Waals surface area contributed by atoms with Crippen LogP contribution in [-0.2, 0) is 9.59 Å². The molecule has 0 saturated carbocycles. The minimum atomic E-state index is 0.0741. The first-order valence-electron chi connectivity index (χ1n) is 5.40. The molecule has 3 heteroatoms. The van der Waals surface area contributed by atoms with Crippen LogP contribution >= 0.6 is 0 Å². The molecule has 0 atom stereocenters. The highest BCUT2D eigenvalue weighted by molar-refractivity contribution is 5.77. The zero-order valence-corrected chi connectivity index (χ0v) is 9.21. The molecule has 14 heavy (non-hydrogen) atoms. The molecule has 3 nitrogen and oxygen atoms in total. The molecule has 0 aliphatic heterocycles. The monoisotopic (exact) mass is 199 g/mol. The predicted octanol–water partition coefficient (Wildman–Crippen LogP) is 1.91. The fourth-order valence-corrected chi connectivity index (χ4v) is 1.12. The van der Waals surface area contributed by atoms with Gasteiger partial charge in [0.25, 0.3) is 0 Å². The molecular formula is C11H21NO2. The van der Waals surface area contributed by atoms with E-state index in [9.17, 15) is 9.59 Å². The van der Waals surface area contributed by atoms with Crippen molar-refractivity contribution in [2.24, 2.45) is 5.92 Å². The number of unbranched alkanes of at least 4 members (excludes halogenated alkanes) is 4. The predicted molar refractivity (Wildman–Crippen MR) is 57.0 cm³/mol. The highest BCUT2D eigenvalue weighted by Gasteiger charge is 2.04. The second-order valence-electron chi connectivity index (χ2n) is 3.82. The Balaban J connectivity index is 3.13. The quantitative estimate of drug-likeness (QED) is 0.479. The summed E-state index contributed by atoms with van der Waals surface area (Å²) in [5, 5.41) is 2.86. The van der Waals surface area contributed by atoms with Crippen LogP contribution in [0.3, 0.4) is 0 Å². The summed E-state index contributed by atoms with van der Waals surface area (Å²) in [5.74, 6) is 0.197. The number of hydrogen-bond donors (Lipinski definition) is 1. The maximum Gasteiger partial charge on any atom is 0.222 e. The number of rotatable bonds is 8. The van der Waals surface area contributed by atoms with Crippen LogP contribution in [0.15, 0.2) is 0 Å². The molecule has 0 aliphatic rings. The summed E-state index contributed by atoms with van der Waals surface area (Å²) in [7, 11) is 0. The minimum absolute atomic E-state index is 0.0741. The van der Waals surface area contributed by atoms with Crippen LogP contribution < -0.4 is 5.32 Å². The van der Waals surface area contributed by atoms with Crippen LogP contribution in [-0.4, -0.2) is 18.7 Å². The third kappa shape index (κ3) is 7.77. The minimum Gasteiger partial charge on any atom is -0.356 e. The molecule has 0 radical (unpaired) electrons. The van der Waals surface area contributed by atoms with E-state index in [1.165, 1.54) is 0 Å². The van der Waals surface area contributed by atoms with Gasteiger partial charge in [-0.3, -0.25) is 4.79 Å². The first-order valence-corrected chi connectivity index (χ1v) is 5.40. The molecule has 0 fully saturated rings. The Hall–Kier alpha value is -0.860. The van der Waals surface area contributed by atoms with Gasteiger partial charge in [-0.25, -0.2) is 0 Å². The summed E-state index contributed by atoms with van der Waals surface area (Å²) in [5.41, 5.74) is 0. The molecule has 0 spiro atoms. The van der Waals surface area contributed by atoms with E-state index in [4.69, 9.17) is 0 Å². The van der Waals surface area contributed by atoms with Gasteiger partial charge in [0.05, 0.1) is 0 Å². The van der Waals surface area contributed by atoms with E-state index in [0.717, 1.165) is 38.5 Å². The van der Waals surface area contributed by atoms with Crippen molar-refractivity contribution in [2.45, 2.75) is 46.0 Å². The lowest BCUT2D eigenvalue weighted by Gasteiger charge is -2.06. The van der Waals surface area contributed by atoms with Crippen LogP contribution in [0.1, 0.15) is 46.0 Å². The van der Waals surface area contributed by atoms with Gasteiger partial charge in [-0.05, 0) is 12.8 Å². The molecule has 0 heterocycles. The summed E-state index contributed by atoms with van der Waals surface area (Å²) in [6, 6.07) is 0. The van der Waals surface area contributed by atoms with Crippen molar-refractivity contribution >= 4 is 12.2 Å². The van der Waals surface area contributed by atoms with Crippen LogP contribution in [0.4, 0.5) is 0 Å². The van der Waals surface area contributed by atoms with Gasteiger partial charge in [-0.2, -0.15) is 0 Å². The molecule has 0 rings (SSSR count). The summed E-state index contributed by atoms with van der Waals surface area (Å²) in [6.07, 6.45) is 5.78.